The van der Waals surface area contributed by atoms with Gasteiger partial charge in [-0.15, -0.1) is 0 Å². The highest BCUT2D eigenvalue weighted by Gasteiger charge is 2.27. The van der Waals surface area contributed by atoms with Crippen molar-refractivity contribution in [3.05, 3.63) is 29.8 Å². The predicted octanol–water partition coefficient (Wildman–Crippen LogP) is 1.76. The van der Waals surface area contributed by atoms with Gasteiger partial charge in [0.05, 0.1) is 12.0 Å². The third-order valence-corrected chi connectivity index (χ3v) is 4.51. The van der Waals surface area contributed by atoms with Crippen LogP contribution in [0.2, 0.25) is 0 Å². The quantitative estimate of drug-likeness (QED) is 0.609. The fourth-order valence-electron chi connectivity index (χ4n) is 1.94. The molecule has 1 aromatic rings. The highest BCUT2D eigenvalue weighted by Crippen LogP contribution is 2.15. The third-order valence-electron chi connectivity index (χ3n) is 3.04. The number of hydrogen-bond donors (Lipinski definition) is 1. The van der Waals surface area contributed by atoms with E-state index in [0.29, 0.717) is 12.0 Å². The second kappa shape index (κ2) is 7.51. The minimum atomic E-state index is -3.92. The molecular formula is C15H21NO5S. The van der Waals surface area contributed by atoms with E-state index < -0.39 is 22.0 Å². The number of rotatable bonds is 7. The molecule has 122 valence electrons. The van der Waals surface area contributed by atoms with Crippen LogP contribution in [0.15, 0.2) is 29.2 Å². The van der Waals surface area contributed by atoms with Crippen molar-refractivity contribution >= 4 is 21.8 Å². The van der Waals surface area contributed by atoms with Crippen LogP contribution in [0, 0.1) is 5.92 Å². The Morgan fingerprint density at radius 2 is 1.91 bits per heavy atom. The summed E-state index contributed by atoms with van der Waals surface area (Å²) in [6.07, 6.45) is 0.318. The average Bonchev–Trinajstić information content (AvgIpc) is 2.45. The topological polar surface area (TPSA) is 89.5 Å². The second-order valence-corrected chi connectivity index (χ2v) is 7.12. The lowest BCUT2D eigenvalue weighted by atomic mass is 10.1. The van der Waals surface area contributed by atoms with Crippen molar-refractivity contribution in [3.8, 4) is 0 Å². The van der Waals surface area contributed by atoms with Crippen LogP contribution < -0.4 is 4.72 Å². The van der Waals surface area contributed by atoms with Crippen molar-refractivity contribution in [3.63, 3.8) is 0 Å². The molecule has 22 heavy (non-hydrogen) atoms. The zero-order valence-corrected chi connectivity index (χ0v) is 13.9. The summed E-state index contributed by atoms with van der Waals surface area (Å²) in [4.78, 5) is 23.0. The first-order chi connectivity index (χ1) is 10.2. The zero-order valence-electron chi connectivity index (χ0n) is 13.1. The number of carbonyl (C=O) groups excluding carboxylic acids is 2. The molecule has 0 saturated heterocycles. The molecule has 0 aromatic heterocycles. The van der Waals surface area contributed by atoms with E-state index in [-0.39, 0.29) is 16.6 Å². The molecule has 0 aliphatic rings. The first kappa shape index (κ1) is 18.3. The van der Waals surface area contributed by atoms with Crippen molar-refractivity contribution in [2.45, 2.75) is 38.1 Å². The SMILES string of the molecule is COC(=O)[C@@H](CC(C)C)NS(=O)(=O)c1cccc(C(C)=O)c1. The van der Waals surface area contributed by atoms with Crippen LogP contribution in [-0.2, 0) is 19.6 Å². The van der Waals surface area contributed by atoms with E-state index in [2.05, 4.69) is 9.46 Å². The lowest BCUT2D eigenvalue weighted by molar-refractivity contribution is -0.143. The molecule has 0 saturated carbocycles. The summed E-state index contributed by atoms with van der Waals surface area (Å²) in [5.41, 5.74) is 0.293. The molecule has 0 fully saturated rings. The maximum atomic E-state index is 12.4. The van der Waals surface area contributed by atoms with Gasteiger partial charge in [-0.05, 0) is 31.4 Å². The van der Waals surface area contributed by atoms with Crippen LogP contribution in [0.1, 0.15) is 37.6 Å². The lowest BCUT2D eigenvalue weighted by Gasteiger charge is -2.18. The molecule has 0 aliphatic heterocycles. The molecular weight excluding hydrogens is 306 g/mol. The first-order valence-electron chi connectivity index (χ1n) is 6.88. The van der Waals surface area contributed by atoms with Gasteiger partial charge in [-0.25, -0.2) is 8.42 Å². The zero-order chi connectivity index (χ0) is 16.9. The van der Waals surface area contributed by atoms with Gasteiger partial charge in [0.15, 0.2) is 5.78 Å². The number of ether oxygens (including phenoxy) is 1. The number of ketones is 1. The number of hydrogen-bond acceptors (Lipinski definition) is 5. The van der Waals surface area contributed by atoms with Crippen molar-refractivity contribution in [2.75, 3.05) is 7.11 Å². The van der Waals surface area contributed by atoms with E-state index in [4.69, 9.17) is 0 Å². The number of esters is 1. The number of nitrogens with one attached hydrogen (secondary N) is 1. The predicted molar refractivity (Wildman–Crippen MR) is 82.0 cm³/mol. The Kier molecular flexibility index (Phi) is 6.25. The molecule has 0 heterocycles. The van der Waals surface area contributed by atoms with Gasteiger partial charge in [-0.1, -0.05) is 26.0 Å². The normalized spacial score (nSPS) is 13.0. The molecule has 0 amide bonds. The van der Waals surface area contributed by atoms with Crippen molar-refractivity contribution in [2.24, 2.45) is 5.92 Å². The van der Waals surface area contributed by atoms with Crippen LogP contribution >= 0.6 is 0 Å². The molecule has 0 spiro atoms. The van der Waals surface area contributed by atoms with Gasteiger partial charge in [-0.2, -0.15) is 4.72 Å². The Morgan fingerprint density at radius 3 is 2.41 bits per heavy atom. The fourth-order valence-corrected chi connectivity index (χ4v) is 3.19. The summed E-state index contributed by atoms with van der Waals surface area (Å²) in [7, 11) is -2.71. The Hall–Kier alpha value is -1.73. The minimum absolute atomic E-state index is 0.0575. The van der Waals surface area contributed by atoms with Crippen LogP contribution in [-0.4, -0.2) is 33.3 Å². The molecule has 1 atom stereocenters. The van der Waals surface area contributed by atoms with E-state index in [1.54, 1.807) is 0 Å². The summed E-state index contributed by atoms with van der Waals surface area (Å²) < 4.78 is 31.8. The highest BCUT2D eigenvalue weighted by molar-refractivity contribution is 7.89. The Labute approximate surface area is 130 Å². The highest BCUT2D eigenvalue weighted by atomic mass is 32.2. The van der Waals surface area contributed by atoms with Gasteiger partial charge in [0.25, 0.3) is 0 Å². The van der Waals surface area contributed by atoms with E-state index in [1.807, 2.05) is 13.8 Å². The summed E-state index contributed by atoms with van der Waals surface area (Å²) in [5, 5.41) is 0. The maximum Gasteiger partial charge on any atom is 0.323 e. The number of Topliss-reactive ketones (excluding diaryl/α,β-unsaturated/α-hetero) is 1. The van der Waals surface area contributed by atoms with Crippen molar-refractivity contribution in [1.29, 1.82) is 0 Å². The summed E-state index contributed by atoms with van der Waals surface area (Å²) in [6, 6.07) is 4.72. The summed E-state index contributed by atoms with van der Waals surface area (Å²) in [6.45, 7) is 5.11. The average molecular weight is 327 g/mol. The monoisotopic (exact) mass is 327 g/mol. The lowest BCUT2D eigenvalue weighted by Crippen LogP contribution is -2.42. The number of sulfonamides is 1. The molecule has 1 rings (SSSR count). The molecule has 1 aromatic carbocycles. The van der Waals surface area contributed by atoms with E-state index in [1.165, 1.54) is 38.3 Å². The van der Waals surface area contributed by atoms with Gasteiger partial charge in [0.2, 0.25) is 10.0 Å². The summed E-state index contributed by atoms with van der Waals surface area (Å²) >= 11 is 0. The molecule has 0 bridgehead atoms. The fraction of sp³-hybridized carbons (Fsp3) is 0.467. The van der Waals surface area contributed by atoms with Gasteiger partial charge >= 0.3 is 5.97 Å². The van der Waals surface area contributed by atoms with Crippen molar-refractivity contribution in [1.82, 2.24) is 4.72 Å². The Bertz CT molecular complexity index is 652. The van der Waals surface area contributed by atoms with Gasteiger partial charge < -0.3 is 4.74 Å². The number of methoxy groups -OCH3 is 1. The van der Waals surface area contributed by atoms with Gasteiger partial charge in [-0.3, -0.25) is 9.59 Å². The van der Waals surface area contributed by atoms with Gasteiger partial charge in [0, 0.05) is 5.56 Å². The van der Waals surface area contributed by atoms with Crippen molar-refractivity contribution < 1.29 is 22.7 Å². The van der Waals surface area contributed by atoms with Gasteiger partial charge in [0.1, 0.15) is 6.04 Å². The van der Waals surface area contributed by atoms with Crippen LogP contribution in [0.3, 0.4) is 0 Å². The largest absolute Gasteiger partial charge is 0.468 e. The van der Waals surface area contributed by atoms with E-state index in [9.17, 15) is 18.0 Å². The molecule has 1 N–H and O–H groups in total. The standard InChI is InChI=1S/C15H21NO5S/c1-10(2)8-14(15(18)21-4)16-22(19,20)13-7-5-6-12(9-13)11(3)17/h5-7,9-10,14,16H,8H2,1-4H3/t14-/m1/s1. The second-order valence-electron chi connectivity index (χ2n) is 5.41. The Morgan fingerprint density at radius 1 is 1.27 bits per heavy atom. The molecule has 0 radical (unpaired) electrons. The van der Waals surface area contributed by atoms with E-state index >= 15 is 0 Å². The Balaban J connectivity index is 3.09. The van der Waals surface area contributed by atoms with Crippen LogP contribution in [0.5, 0.6) is 0 Å². The van der Waals surface area contributed by atoms with Crippen LogP contribution in [0.25, 0.3) is 0 Å². The summed E-state index contributed by atoms with van der Waals surface area (Å²) in [5.74, 6) is -0.765. The maximum absolute atomic E-state index is 12.4. The van der Waals surface area contributed by atoms with E-state index in [0.717, 1.165) is 0 Å². The molecule has 0 aliphatic carbocycles. The molecule has 0 unspecified atom stereocenters. The molecule has 6 nitrogen and oxygen atoms in total. The smallest absolute Gasteiger partial charge is 0.323 e. The minimum Gasteiger partial charge on any atom is -0.468 e. The first-order valence-corrected chi connectivity index (χ1v) is 8.37. The number of benzene rings is 1. The number of carbonyl (C=O) groups is 2. The van der Waals surface area contributed by atoms with Crippen LogP contribution in [0.4, 0.5) is 0 Å². The third kappa shape index (κ3) is 4.92. The molecule has 7 heteroatoms.